The lowest BCUT2D eigenvalue weighted by Gasteiger charge is -2.58. The first-order valence-corrected chi connectivity index (χ1v) is 13.4. The van der Waals surface area contributed by atoms with Crippen molar-refractivity contribution in [3.05, 3.63) is 21.8 Å². The van der Waals surface area contributed by atoms with Crippen molar-refractivity contribution >= 4 is 17.5 Å². The first-order chi connectivity index (χ1) is 16.4. The van der Waals surface area contributed by atoms with Gasteiger partial charge in [-0.1, -0.05) is 25.5 Å². The summed E-state index contributed by atoms with van der Waals surface area (Å²) in [6.45, 7) is 9.13. The summed E-state index contributed by atoms with van der Waals surface area (Å²) in [5.41, 5.74) is 1.22. The first-order valence-electron chi connectivity index (χ1n) is 13.4. The number of carbonyl (C=O) groups excluding carboxylic acids is 3. The molecule has 0 aromatic heterocycles. The van der Waals surface area contributed by atoms with Gasteiger partial charge in [-0.3, -0.25) is 19.7 Å². The summed E-state index contributed by atoms with van der Waals surface area (Å²) in [5, 5.41) is 12.1. The van der Waals surface area contributed by atoms with E-state index >= 15 is 0 Å². The van der Waals surface area contributed by atoms with Gasteiger partial charge in [-0.05, 0) is 81.0 Å². The highest BCUT2D eigenvalue weighted by Gasteiger charge is 2.64. The Bertz CT molecular complexity index is 942. The SMILES string of the molecule is CC(=O)CC[C@H]([C@H]1C[C@H]2[C@@H]3CC=C4C[C@@H](OC(C)=O)CC[C@]4(C)[C@H]3CC[C@]2(C)C1C(C)=O)[N+](=O)[O-]. The van der Waals surface area contributed by atoms with Crippen LogP contribution in [0, 0.1) is 50.5 Å². The minimum Gasteiger partial charge on any atom is -0.462 e. The summed E-state index contributed by atoms with van der Waals surface area (Å²) in [6.07, 6.45) is 8.93. The highest BCUT2D eigenvalue weighted by Crippen LogP contribution is 2.68. The number of allylic oxidation sites excluding steroid dienone is 1. The van der Waals surface area contributed by atoms with Crippen LogP contribution >= 0.6 is 0 Å². The quantitative estimate of drug-likeness (QED) is 0.208. The van der Waals surface area contributed by atoms with Crippen LogP contribution in [0.5, 0.6) is 0 Å². The van der Waals surface area contributed by atoms with Crippen molar-refractivity contribution in [2.45, 2.75) is 105 Å². The third-order valence-electron chi connectivity index (χ3n) is 10.5. The minimum absolute atomic E-state index is 0.0415. The molecule has 3 saturated carbocycles. The summed E-state index contributed by atoms with van der Waals surface area (Å²) in [7, 11) is 0. The van der Waals surface area contributed by atoms with E-state index in [1.807, 2.05) is 0 Å². The highest BCUT2D eigenvalue weighted by atomic mass is 16.6. The van der Waals surface area contributed by atoms with Gasteiger partial charge in [-0.15, -0.1) is 0 Å². The molecule has 4 aliphatic rings. The molecule has 35 heavy (non-hydrogen) atoms. The van der Waals surface area contributed by atoms with E-state index in [0.717, 1.165) is 38.5 Å². The molecule has 3 fully saturated rings. The second kappa shape index (κ2) is 9.44. The number of hydrogen-bond acceptors (Lipinski definition) is 6. The molecule has 7 nitrogen and oxygen atoms in total. The molecule has 0 amide bonds. The molecule has 0 aromatic carbocycles. The van der Waals surface area contributed by atoms with E-state index in [1.54, 1.807) is 6.92 Å². The number of esters is 1. The Morgan fingerprint density at radius 1 is 1.14 bits per heavy atom. The minimum atomic E-state index is -0.849. The molecule has 0 spiro atoms. The average molecular weight is 488 g/mol. The van der Waals surface area contributed by atoms with Crippen LogP contribution in [0.25, 0.3) is 0 Å². The van der Waals surface area contributed by atoms with Gasteiger partial charge >= 0.3 is 5.97 Å². The van der Waals surface area contributed by atoms with Crippen molar-refractivity contribution in [2.75, 3.05) is 0 Å². The van der Waals surface area contributed by atoms with E-state index < -0.39 is 6.04 Å². The van der Waals surface area contributed by atoms with Crippen LogP contribution in [0.3, 0.4) is 0 Å². The van der Waals surface area contributed by atoms with Gasteiger partial charge < -0.3 is 9.53 Å². The number of hydrogen-bond donors (Lipinski definition) is 0. The summed E-state index contributed by atoms with van der Waals surface area (Å²) in [4.78, 5) is 48.1. The molecule has 0 N–H and O–H groups in total. The second-order valence-corrected chi connectivity index (χ2v) is 12.4. The van der Waals surface area contributed by atoms with Crippen molar-refractivity contribution in [2.24, 2.45) is 40.4 Å². The Balaban J connectivity index is 1.63. The van der Waals surface area contributed by atoms with Gasteiger partial charge in [-0.2, -0.15) is 0 Å². The van der Waals surface area contributed by atoms with E-state index in [4.69, 9.17) is 4.74 Å². The Hall–Kier alpha value is -2.05. The standard InChI is InChI=1S/C28H41NO6/c1-16(30)6-9-25(29(33)34)22-15-24-21-8-7-19-14-20(35-18(3)32)10-12-27(19,4)23(21)11-13-28(24,5)26(22)17(2)31/h7,20-26H,6,8-15H2,1-5H3/t20-,21+,22+,23-,24-,25+,26?,27-,28-/m0/s1. The highest BCUT2D eigenvalue weighted by molar-refractivity contribution is 5.80. The van der Waals surface area contributed by atoms with Crippen LogP contribution < -0.4 is 0 Å². The molecular weight excluding hydrogens is 446 g/mol. The van der Waals surface area contributed by atoms with E-state index in [1.165, 1.54) is 19.4 Å². The lowest BCUT2D eigenvalue weighted by Crippen LogP contribution is -2.51. The van der Waals surface area contributed by atoms with Crippen LogP contribution in [-0.4, -0.2) is 34.6 Å². The number of fused-ring (bicyclic) bond motifs is 5. The van der Waals surface area contributed by atoms with Crippen molar-refractivity contribution in [1.82, 2.24) is 0 Å². The predicted octanol–water partition coefficient (Wildman–Crippen LogP) is 5.33. The van der Waals surface area contributed by atoms with Crippen molar-refractivity contribution in [3.8, 4) is 0 Å². The van der Waals surface area contributed by atoms with Crippen LogP contribution in [0.4, 0.5) is 0 Å². The Labute approximate surface area is 208 Å². The number of ether oxygens (including phenoxy) is 1. The number of nitrogens with zero attached hydrogens (tertiary/aromatic N) is 1. The Morgan fingerprint density at radius 2 is 1.86 bits per heavy atom. The fraction of sp³-hybridized carbons (Fsp3) is 0.821. The number of carbonyl (C=O) groups is 3. The maximum Gasteiger partial charge on any atom is 0.302 e. The molecule has 0 heterocycles. The van der Waals surface area contributed by atoms with Crippen LogP contribution in [-0.2, 0) is 19.1 Å². The average Bonchev–Trinajstić information content (AvgIpc) is 3.06. The topological polar surface area (TPSA) is 104 Å². The third-order valence-corrected chi connectivity index (χ3v) is 10.5. The Kier molecular flexibility index (Phi) is 7.02. The molecule has 0 aliphatic heterocycles. The molecule has 4 rings (SSSR count). The zero-order valence-corrected chi connectivity index (χ0v) is 21.9. The van der Waals surface area contributed by atoms with Gasteiger partial charge in [0.25, 0.3) is 0 Å². The summed E-state index contributed by atoms with van der Waals surface area (Å²) < 4.78 is 5.54. The van der Waals surface area contributed by atoms with Gasteiger partial charge in [0.15, 0.2) is 0 Å². The largest absolute Gasteiger partial charge is 0.462 e. The fourth-order valence-corrected chi connectivity index (χ4v) is 9.03. The lowest BCUT2D eigenvalue weighted by atomic mass is 9.47. The van der Waals surface area contributed by atoms with Crippen LogP contribution in [0.1, 0.15) is 92.4 Å². The molecule has 9 atom stereocenters. The lowest BCUT2D eigenvalue weighted by molar-refractivity contribution is -0.534. The summed E-state index contributed by atoms with van der Waals surface area (Å²) >= 11 is 0. The van der Waals surface area contributed by atoms with Crippen LogP contribution in [0.2, 0.25) is 0 Å². The number of Topliss-reactive ketones (excluding diaryl/α,β-unsaturated/α-hetero) is 2. The molecule has 0 radical (unpaired) electrons. The maximum atomic E-state index is 13.0. The van der Waals surface area contributed by atoms with Gasteiger partial charge in [-0.25, -0.2) is 0 Å². The zero-order chi connectivity index (χ0) is 25.7. The Morgan fingerprint density at radius 3 is 2.46 bits per heavy atom. The van der Waals surface area contributed by atoms with Crippen molar-refractivity contribution in [1.29, 1.82) is 0 Å². The summed E-state index contributed by atoms with van der Waals surface area (Å²) in [6, 6.07) is -0.849. The van der Waals surface area contributed by atoms with Crippen molar-refractivity contribution in [3.63, 3.8) is 0 Å². The van der Waals surface area contributed by atoms with E-state index in [-0.39, 0.29) is 70.0 Å². The van der Waals surface area contributed by atoms with Crippen molar-refractivity contribution < 1.29 is 24.0 Å². The molecule has 1 unspecified atom stereocenters. The van der Waals surface area contributed by atoms with Gasteiger partial charge in [0.05, 0.1) is 0 Å². The molecule has 0 bridgehead atoms. The predicted molar refractivity (Wildman–Crippen MR) is 131 cm³/mol. The third kappa shape index (κ3) is 4.48. The van der Waals surface area contributed by atoms with Crippen LogP contribution in [0.15, 0.2) is 11.6 Å². The maximum absolute atomic E-state index is 13.0. The van der Waals surface area contributed by atoms with E-state index in [2.05, 4.69) is 19.9 Å². The molecule has 4 aliphatic carbocycles. The molecule has 0 saturated heterocycles. The molecule has 0 aromatic rings. The molecule has 194 valence electrons. The molecule has 7 heteroatoms. The fourth-order valence-electron chi connectivity index (χ4n) is 9.03. The van der Waals surface area contributed by atoms with Gasteiger partial charge in [0, 0.05) is 42.9 Å². The normalized spacial score (nSPS) is 41.0. The molecular formula is C28H41NO6. The second-order valence-electron chi connectivity index (χ2n) is 12.4. The smallest absolute Gasteiger partial charge is 0.302 e. The van der Waals surface area contributed by atoms with Gasteiger partial charge in [0.2, 0.25) is 6.04 Å². The van der Waals surface area contributed by atoms with E-state index in [0.29, 0.717) is 18.3 Å². The number of rotatable bonds is 7. The summed E-state index contributed by atoms with van der Waals surface area (Å²) in [5.74, 6) is 0.311. The van der Waals surface area contributed by atoms with Gasteiger partial charge in [0.1, 0.15) is 17.7 Å². The number of ketones is 2. The number of nitro groups is 1. The zero-order valence-electron chi connectivity index (χ0n) is 21.9. The monoisotopic (exact) mass is 487 g/mol. The van der Waals surface area contributed by atoms with E-state index in [9.17, 15) is 24.5 Å². The first kappa shape index (κ1) is 26.0.